The fourth-order valence-corrected chi connectivity index (χ4v) is 3.04. The van der Waals surface area contributed by atoms with Gasteiger partial charge in [0.1, 0.15) is 5.75 Å². The number of methoxy groups -OCH3 is 1. The highest BCUT2D eigenvalue weighted by Gasteiger charge is 2.16. The molecule has 1 unspecified atom stereocenters. The van der Waals surface area contributed by atoms with E-state index >= 15 is 0 Å². The van der Waals surface area contributed by atoms with E-state index in [0.29, 0.717) is 0 Å². The Morgan fingerprint density at radius 3 is 2.67 bits per heavy atom. The first-order chi connectivity index (χ1) is 8.63. The topological polar surface area (TPSA) is 21.3 Å². The molecule has 0 aliphatic carbocycles. The standard InChI is InChI=1S/C16H25NO/c1-11-9-15(6-5-14-7-8-17-10-14)12(2)13(3)16(11)18-4/h9,14,17H,5-8,10H2,1-4H3. The van der Waals surface area contributed by atoms with Crippen molar-refractivity contribution in [3.05, 3.63) is 28.3 Å². The molecule has 2 nitrogen and oxygen atoms in total. The highest BCUT2D eigenvalue weighted by molar-refractivity contribution is 5.49. The molecular weight excluding hydrogens is 222 g/mol. The lowest BCUT2D eigenvalue weighted by molar-refractivity contribution is 0.407. The summed E-state index contributed by atoms with van der Waals surface area (Å²) in [5.41, 5.74) is 5.47. The predicted molar refractivity (Wildman–Crippen MR) is 76.5 cm³/mol. The summed E-state index contributed by atoms with van der Waals surface area (Å²) < 4.78 is 5.48. The minimum Gasteiger partial charge on any atom is -0.496 e. The summed E-state index contributed by atoms with van der Waals surface area (Å²) >= 11 is 0. The van der Waals surface area contributed by atoms with Crippen LogP contribution < -0.4 is 10.1 Å². The first-order valence-electron chi connectivity index (χ1n) is 6.98. The first kappa shape index (κ1) is 13.4. The number of hydrogen-bond acceptors (Lipinski definition) is 2. The van der Waals surface area contributed by atoms with Crippen LogP contribution in [0.2, 0.25) is 0 Å². The molecule has 1 N–H and O–H groups in total. The molecule has 1 aliphatic rings. The van der Waals surface area contributed by atoms with Gasteiger partial charge >= 0.3 is 0 Å². The van der Waals surface area contributed by atoms with E-state index in [2.05, 4.69) is 32.2 Å². The van der Waals surface area contributed by atoms with Crippen LogP contribution >= 0.6 is 0 Å². The van der Waals surface area contributed by atoms with Crippen molar-refractivity contribution in [2.24, 2.45) is 5.92 Å². The number of aryl methyl sites for hydroxylation is 2. The van der Waals surface area contributed by atoms with Crippen molar-refractivity contribution in [1.29, 1.82) is 0 Å². The van der Waals surface area contributed by atoms with E-state index in [4.69, 9.17) is 4.74 Å². The molecule has 100 valence electrons. The largest absolute Gasteiger partial charge is 0.496 e. The third-order valence-corrected chi connectivity index (χ3v) is 4.32. The van der Waals surface area contributed by atoms with E-state index in [-0.39, 0.29) is 0 Å². The minimum absolute atomic E-state index is 0.868. The van der Waals surface area contributed by atoms with Crippen LogP contribution in [0.5, 0.6) is 5.75 Å². The van der Waals surface area contributed by atoms with Gasteiger partial charge in [-0.15, -0.1) is 0 Å². The average Bonchev–Trinajstić information content (AvgIpc) is 2.86. The molecule has 2 heteroatoms. The molecule has 18 heavy (non-hydrogen) atoms. The number of ether oxygens (including phenoxy) is 1. The van der Waals surface area contributed by atoms with Crippen LogP contribution in [0.4, 0.5) is 0 Å². The van der Waals surface area contributed by atoms with Crippen LogP contribution in [-0.4, -0.2) is 20.2 Å². The van der Waals surface area contributed by atoms with E-state index in [1.807, 2.05) is 0 Å². The number of rotatable bonds is 4. The minimum atomic E-state index is 0.868. The predicted octanol–water partition coefficient (Wildman–Crippen LogP) is 3.16. The van der Waals surface area contributed by atoms with Gasteiger partial charge in [0.15, 0.2) is 0 Å². The first-order valence-corrected chi connectivity index (χ1v) is 6.98. The summed E-state index contributed by atoms with van der Waals surface area (Å²) in [4.78, 5) is 0. The molecule has 0 bridgehead atoms. The molecule has 1 aromatic rings. The monoisotopic (exact) mass is 247 g/mol. The Balaban J connectivity index is 2.12. The number of nitrogens with one attached hydrogen (secondary N) is 1. The molecule has 0 spiro atoms. The normalized spacial score (nSPS) is 19.2. The van der Waals surface area contributed by atoms with Crippen molar-refractivity contribution in [3.63, 3.8) is 0 Å². The summed E-state index contributed by atoms with van der Waals surface area (Å²) in [6.45, 7) is 8.94. The smallest absolute Gasteiger partial charge is 0.124 e. The lowest BCUT2D eigenvalue weighted by Crippen LogP contribution is -2.10. The second-order valence-corrected chi connectivity index (χ2v) is 5.53. The maximum atomic E-state index is 5.48. The van der Waals surface area contributed by atoms with Gasteiger partial charge in [0, 0.05) is 0 Å². The van der Waals surface area contributed by atoms with Crippen molar-refractivity contribution in [2.45, 2.75) is 40.0 Å². The molecule has 0 saturated carbocycles. The van der Waals surface area contributed by atoms with Gasteiger partial charge in [0.2, 0.25) is 0 Å². The van der Waals surface area contributed by atoms with E-state index in [9.17, 15) is 0 Å². The third kappa shape index (κ3) is 2.69. The zero-order valence-corrected chi connectivity index (χ0v) is 12.1. The van der Waals surface area contributed by atoms with Crippen LogP contribution in [0.3, 0.4) is 0 Å². The zero-order chi connectivity index (χ0) is 13.1. The quantitative estimate of drug-likeness (QED) is 0.882. The molecule has 1 aliphatic heterocycles. The number of hydrogen-bond donors (Lipinski definition) is 1. The maximum Gasteiger partial charge on any atom is 0.124 e. The van der Waals surface area contributed by atoms with Crippen LogP contribution in [0.1, 0.15) is 35.1 Å². The molecule has 0 amide bonds. The van der Waals surface area contributed by atoms with Crippen molar-refractivity contribution in [2.75, 3.05) is 20.2 Å². The molecule has 2 rings (SSSR count). The number of benzene rings is 1. The van der Waals surface area contributed by atoms with Crippen molar-refractivity contribution >= 4 is 0 Å². The molecule has 1 heterocycles. The summed E-state index contributed by atoms with van der Waals surface area (Å²) in [6, 6.07) is 2.31. The van der Waals surface area contributed by atoms with E-state index in [1.54, 1.807) is 7.11 Å². The van der Waals surface area contributed by atoms with Gasteiger partial charge in [-0.25, -0.2) is 0 Å². The van der Waals surface area contributed by atoms with E-state index in [1.165, 1.54) is 54.6 Å². The van der Waals surface area contributed by atoms with Gasteiger partial charge in [0.05, 0.1) is 7.11 Å². The Labute approximate surface area is 111 Å². The van der Waals surface area contributed by atoms with Crippen molar-refractivity contribution in [3.8, 4) is 5.75 Å². The van der Waals surface area contributed by atoms with E-state index in [0.717, 1.165) is 11.7 Å². The Morgan fingerprint density at radius 1 is 1.28 bits per heavy atom. The van der Waals surface area contributed by atoms with Gasteiger partial charge in [-0.05, 0) is 81.3 Å². The van der Waals surface area contributed by atoms with Gasteiger partial charge in [-0.2, -0.15) is 0 Å². The fourth-order valence-electron chi connectivity index (χ4n) is 3.04. The molecule has 1 atom stereocenters. The molecule has 1 fully saturated rings. The van der Waals surface area contributed by atoms with Gasteiger partial charge in [-0.3, -0.25) is 0 Å². The van der Waals surface area contributed by atoms with Gasteiger partial charge in [-0.1, -0.05) is 6.07 Å². The van der Waals surface area contributed by atoms with E-state index < -0.39 is 0 Å². The van der Waals surface area contributed by atoms with Crippen molar-refractivity contribution in [1.82, 2.24) is 5.32 Å². The van der Waals surface area contributed by atoms with Gasteiger partial charge < -0.3 is 10.1 Å². The Bertz CT molecular complexity index is 420. The SMILES string of the molecule is COc1c(C)cc(CCC2CCNC2)c(C)c1C. The Hall–Kier alpha value is -1.02. The summed E-state index contributed by atoms with van der Waals surface area (Å²) in [7, 11) is 1.76. The van der Waals surface area contributed by atoms with Crippen molar-refractivity contribution < 1.29 is 4.74 Å². The highest BCUT2D eigenvalue weighted by Crippen LogP contribution is 2.30. The summed E-state index contributed by atoms with van der Waals surface area (Å²) in [5, 5.41) is 3.44. The summed E-state index contributed by atoms with van der Waals surface area (Å²) in [5.74, 6) is 1.92. The zero-order valence-electron chi connectivity index (χ0n) is 12.1. The van der Waals surface area contributed by atoms with Crippen LogP contribution in [0.15, 0.2) is 6.07 Å². The summed E-state index contributed by atoms with van der Waals surface area (Å²) in [6.07, 6.45) is 3.84. The average molecular weight is 247 g/mol. The lowest BCUT2D eigenvalue weighted by atomic mass is 9.92. The second-order valence-electron chi connectivity index (χ2n) is 5.53. The fraction of sp³-hybridized carbons (Fsp3) is 0.625. The second kappa shape index (κ2) is 5.75. The maximum absolute atomic E-state index is 5.48. The molecule has 0 radical (unpaired) electrons. The molecule has 0 aromatic heterocycles. The molecule has 1 aromatic carbocycles. The Morgan fingerprint density at radius 2 is 2.06 bits per heavy atom. The lowest BCUT2D eigenvalue weighted by Gasteiger charge is -2.16. The highest BCUT2D eigenvalue weighted by atomic mass is 16.5. The van der Waals surface area contributed by atoms with Crippen LogP contribution in [0, 0.1) is 26.7 Å². The third-order valence-electron chi connectivity index (χ3n) is 4.32. The van der Waals surface area contributed by atoms with Crippen LogP contribution in [-0.2, 0) is 6.42 Å². The molecular formula is C16H25NO. The van der Waals surface area contributed by atoms with Crippen LogP contribution in [0.25, 0.3) is 0 Å². The Kier molecular flexibility index (Phi) is 4.28. The van der Waals surface area contributed by atoms with Gasteiger partial charge in [0.25, 0.3) is 0 Å². The molecule has 1 saturated heterocycles.